The summed E-state index contributed by atoms with van der Waals surface area (Å²) in [7, 11) is -11.6. The second kappa shape index (κ2) is 9.38. The molecule has 0 radical (unpaired) electrons. The van der Waals surface area contributed by atoms with Crippen LogP contribution in [0.4, 0.5) is 0 Å². The van der Waals surface area contributed by atoms with E-state index < -0.39 is 36.0 Å². The Labute approximate surface area is 173 Å². The highest BCUT2D eigenvalue weighted by molar-refractivity contribution is 8.03. The number of nitrogens with zero attached hydrogens (tertiary/aromatic N) is 1. The lowest BCUT2D eigenvalue weighted by molar-refractivity contribution is 0.222. The van der Waals surface area contributed by atoms with Gasteiger partial charge in [0.1, 0.15) is 0 Å². The third-order valence-electron chi connectivity index (χ3n) is 3.98. The van der Waals surface area contributed by atoms with Crippen molar-refractivity contribution in [2.24, 2.45) is 3.77 Å². The first-order valence-electron chi connectivity index (χ1n) is 8.96. The minimum Gasteiger partial charge on any atom is -0.266 e. The fourth-order valence-electron chi connectivity index (χ4n) is 2.69. The van der Waals surface area contributed by atoms with Crippen LogP contribution in [0.25, 0.3) is 0 Å². The molecule has 0 amide bonds. The average molecular weight is 460 g/mol. The Balaban J connectivity index is 2.61. The van der Waals surface area contributed by atoms with Crippen molar-refractivity contribution in [3.8, 4) is 0 Å². The van der Waals surface area contributed by atoms with Gasteiger partial charge in [-0.1, -0.05) is 49.2 Å². The maximum absolute atomic E-state index is 13.8. The van der Waals surface area contributed by atoms with Crippen molar-refractivity contribution in [1.29, 1.82) is 0 Å². The molecule has 2 aromatic rings. The Hall–Kier alpha value is -1.75. The molecular weight excluding hydrogens is 434 g/mol. The van der Waals surface area contributed by atoms with Gasteiger partial charge >= 0.3 is 0 Å². The Bertz CT molecular complexity index is 1150. The first-order valence-corrected chi connectivity index (χ1v) is 13.9. The molecule has 0 heterocycles. The van der Waals surface area contributed by atoms with Gasteiger partial charge in [-0.05, 0) is 37.6 Å². The van der Waals surface area contributed by atoms with Crippen LogP contribution in [-0.2, 0) is 34.1 Å². The molecule has 0 N–H and O–H groups in total. The molecule has 0 fully saturated rings. The van der Waals surface area contributed by atoms with E-state index in [9.17, 15) is 21.0 Å². The lowest BCUT2D eigenvalue weighted by atomic mass is 10.2. The molecule has 0 aliphatic rings. The third kappa shape index (κ3) is 6.91. The summed E-state index contributed by atoms with van der Waals surface area (Å²) in [5.41, 5.74) is 0.873. The summed E-state index contributed by atoms with van der Waals surface area (Å²) < 4.78 is 71.6. The molecule has 2 aromatic carbocycles. The zero-order chi connectivity index (χ0) is 21.7. The highest BCUT2D eigenvalue weighted by atomic mass is 32.3. The monoisotopic (exact) mass is 459 g/mol. The second-order valence-corrected chi connectivity index (χ2v) is 12.4. The number of hydrogen-bond acceptors (Lipinski definition) is 6. The summed E-state index contributed by atoms with van der Waals surface area (Å²) in [6, 6.07) is 14.0. The minimum absolute atomic E-state index is 0.0807. The Morgan fingerprint density at radius 2 is 1.48 bits per heavy atom. The minimum atomic E-state index is -4.24. The first kappa shape index (κ1) is 23.5. The van der Waals surface area contributed by atoms with Gasteiger partial charge in [0.15, 0.2) is 0 Å². The molecule has 2 rings (SSSR count). The van der Waals surface area contributed by atoms with Crippen molar-refractivity contribution >= 4 is 29.9 Å². The molecule has 0 bridgehead atoms. The molecule has 160 valence electrons. The molecule has 1 unspecified atom stereocenters. The fourth-order valence-corrected chi connectivity index (χ4v) is 7.63. The van der Waals surface area contributed by atoms with E-state index >= 15 is 0 Å². The molecule has 0 saturated heterocycles. The summed E-state index contributed by atoms with van der Waals surface area (Å²) >= 11 is 0. The van der Waals surface area contributed by atoms with Crippen LogP contribution in [0.15, 0.2) is 68.2 Å². The molecule has 0 aromatic heterocycles. The van der Waals surface area contributed by atoms with E-state index in [0.717, 1.165) is 11.8 Å². The molecule has 10 heteroatoms. The van der Waals surface area contributed by atoms with Crippen LogP contribution in [0.3, 0.4) is 0 Å². The van der Waals surface area contributed by atoms with E-state index in [1.54, 1.807) is 30.3 Å². The Kier molecular flexibility index (Phi) is 7.61. The summed E-state index contributed by atoms with van der Waals surface area (Å²) in [6.45, 7) is 3.64. The SMILES string of the molecule is CCC[C@H](CS(=O)(=NS(=O)(=O)c1ccc(C)cc1)c1ccccc1)OS(C)(=O)=O. The van der Waals surface area contributed by atoms with Crippen LogP contribution in [0.2, 0.25) is 0 Å². The summed E-state index contributed by atoms with van der Waals surface area (Å²) in [5, 5.41) is 0. The standard InChI is InChI=1S/C19H25NO6S3/c1-4-8-17(26-27(3,21)22)15-28(23,18-9-6-5-7-10-18)20-29(24,25)19-13-11-16(2)12-14-19/h5-7,9-14,17H,4,8,15H2,1-3H3/t17-,28?/m1/s1. The van der Waals surface area contributed by atoms with Crippen molar-refractivity contribution in [3.63, 3.8) is 0 Å². The highest BCUT2D eigenvalue weighted by Gasteiger charge is 2.26. The van der Waals surface area contributed by atoms with Gasteiger partial charge in [-0.2, -0.15) is 16.8 Å². The molecular formula is C19H25NO6S3. The van der Waals surface area contributed by atoms with Gasteiger partial charge in [-0.3, -0.25) is 4.18 Å². The maximum Gasteiger partial charge on any atom is 0.290 e. The number of sulfonamides is 1. The van der Waals surface area contributed by atoms with E-state index in [4.69, 9.17) is 4.18 Å². The largest absolute Gasteiger partial charge is 0.290 e. The summed E-state index contributed by atoms with van der Waals surface area (Å²) in [6.07, 6.45) is 0.798. The molecule has 0 aliphatic carbocycles. The summed E-state index contributed by atoms with van der Waals surface area (Å²) in [4.78, 5) is 0.122. The lowest BCUT2D eigenvalue weighted by Gasteiger charge is -2.18. The van der Waals surface area contributed by atoms with Gasteiger partial charge in [0.25, 0.3) is 20.1 Å². The van der Waals surface area contributed by atoms with E-state index in [-0.39, 0.29) is 22.0 Å². The van der Waals surface area contributed by atoms with Crippen LogP contribution in [0, 0.1) is 6.92 Å². The Morgan fingerprint density at radius 1 is 0.897 bits per heavy atom. The molecule has 0 saturated carbocycles. The van der Waals surface area contributed by atoms with Gasteiger partial charge in [0.2, 0.25) is 0 Å². The quantitative estimate of drug-likeness (QED) is 0.532. The molecule has 2 atom stereocenters. The molecule has 7 nitrogen and oxygen atoms in total. The average Bonchev–Trinajstić information content (AvgIpc) is 2.61. The molecule has 29 heavy (non-hydrogen) atoms. The van der Waals surface area contributed by atoms with Crippen molar-refractivity contribution < 1.29 is 25.2 Å². The number of rotatable bonds is 9. The summed E-state index contributed by atoms with van der Waals surface area (Å²) in [5.74, 6) is -0.358. The second-order valence-electron chi connectivity index (χ2n) is 6.69. The third-order valence-corrected chi connectivity index (χ3v) is 9.05. The van der Waals surface area contributed by atoms with Crippen molar-refractivity contribution in [1.82, 2.24) is 0 Å². The van der Waals surface area contributed by atoms with Crippen molar-refractivity contribution in [2.75, 3.05) is 12.0 Å². The van der Waals surface area contributed by atoms with E-state index in [2.05, 4.69) is 3.77 Å². The topological polar surface area (TPSA) is 107 Å². The molecule has 0 spiro atoms. The van der Waals surface area contributed by atoms with E-state index in [0.29, 0.717) is 6.42 Å². The van der Waals surface area contributed by atoms with Crippen LogP contribution in [0.1, 0.15) is 25.3 Å². The van der Waals surface area contributed by atoms with E-state index in [1.165, 1.54) is 24.3 Å². The van der Waals surface area contributed by atoms with Crippen LogP contribution >= 0.6 is 0 Å². The van der Waals surface area contributed by atoms with Gasteiger partial charge in [-0.25, -0.2) is 4.21 Å². The fraction of sp³-hybridized carbons (Fsp3) is 0.368. The maximum atomic E-state index is 13.8. The van der Waals surface area contributed by atoms with Crippen LogP contribution in [0.5, 0.6) is 0 Å². The van der Waals surface area contributed by atoms with Crippen LogP contribution < -0.4 is 0 Å². The zero-order valence-electron chi connectivity index (χ0n) is 16.5. The smallest absolute Gasteiger partial charge is 0.266 e. The number of benzene rings is 2. The number of hydrogen-bond donors (Lipinski definition) is 0. The van der Waals surface area contributed by atoms with E-state index in [1.807, 2.05) is 13.8 Å². The van der Waals surface area contributed by atoms with Gasteiger partial charge in [0, 0.05) is 4.90 Å². The highest BCUT2D eigenvalue weighted by Crippen LogP contribution is 2.23. The zero-order valence-corrected chi connectivity index (χ0v) is 19.0. The number of aryl methyl sites for hydroxylation is 1. The Morgan fingerprint density at radius 3 is 2.00 bits per heavy atom. The normalized spacial score (nSPS) is 15.4. The van der Waals surface area contributed by atoms with Crippen LogP contribution in [-0.4, -0.2) is 39.2 Å². The van der Waals surface area contributed by atoms with Gasteiger partial charge < -0.3 is 0 Å². The van der Waals surface area contributed by atoms with Crippen molar-refractivity contribution in [3.05, 3.63) is 60.2 Å². The predicted octanol–water partition coefficient (Wildman–Crippen LogP) is 3.36. The lowest BCUT2D eigenvalue weighted by Crippen LogP contribution is -2.27. The predicted molar refractivity (Wildman–Crippen MR) is 113 cm³/mol. The van der Waals surface area contributed by atoms with Gasteiger partial charge in [-0.15, -0.1) is 3.77 Å². The molecule has 0 aliphatic heterocycles. The van der Waals surface area contributed by atoms with Crippen molar-refractivity contribution in [2.45, 2.75) is 42.6 Å². The van der Waals surface area contributed by atoms with Gasteiger partial charge in [0.05, 0.1) is 32.7 Å². The first-order chi connectivity index (χ1) is 13.5.